The van der Waals surface area contributed by atoms with E-state index in [1.54, 1.807) is 0 Å². The minimum atomic E-state index is -1.05. The summed E-state index contributed by atoms with van der Waals surface area (Å²) in [5.74, 6) is -2.11. The molecular formula is C16H19ClFN3O3S. The smallest absolute Gasteiger partial charge is 0.319 e. The van der Waals surface area contributed by atoms with Crippen LogP contribution in [-0.2, 0) is 9.53 Å². The third kappa shape index (κ3) is 6.57. The first-order valence-electron chi connectivity index (χ1n) is 7.71. The predicted molar refractivity (Wildman–Crippen MR) is 95.2 cm³/mol. The molecule has 0 heterocycles. The largest absolute Gasteiger partial charge is 0.465 e. The second kappa shape index (κ2) is 10.3. The highest BCUT2D eigenvalue weighted by molar-refractivity contribution is 8.00. The van der Waals surface area contributed by atoms with Crippen molar-refractivity contribution in [3.05, 3.63) is 39.0 Å². The molecule has 0 bridgehead atoms. The zero-order valence-corrected chi connectivity index (χ0v) is 15.7. The van der Waals surface area contributed by atoms with Crippen molar-refractivity contribution in [2.75, 3.05) is 6.61 Å². The second-order valence-corrected chi connectivity index (χ2v) is 7.33. The van der Waals surface area contributed by atoms with Crippen LogP contribution in [0.15, 0.2) is 22.1 Å². The molecule has 0 aromatic heterocycles. The molecule has 0 N–H and O–H groups in total. The monoisotopic (exact) mass is 387 g/mol. The van der Waals surface area contributed by atoms with Crippen LogP contribution in [0.2, 0.25) is 5.02 Å². The van der Waals surface area contributed by atoms with E-state index in [4.69, 9.17) is 21.9 Å². The van der Waals surface area contributed by atoms with Crippen molar-refractivity contribution >= 4 is 35.2 Å². The van der Waals surface area contributed by atoms with Gasteiger partial charge in [0, 0.05) is 9.81 Å². The Kier molecular flexibility index (Phi) is 8.75. The molecule has 1 rings (SSSR count). The van der Waals surface area contributed by atoms with Crippen LogP contribution in [0.25, 0.3) is 10.4 Å². The van der Waals surface area contributed by atoms with Crippen LogP contribution in [0, 0.1) is 11.7 Å². The van der Waals surface area contributed by atoms with Gasteiger partial charge in [-0.1, -0.05) is 38.8 Å². The molecule has 1 aromatic rings. The number of esters is 1. The summed E-state index contributed by atoms with van der Waals surface area (Å²) in [6.07, 6.45) is 1.27. The third-order valence-electron chi connectivity index (χ3n) is 3.03. The van der Waals surface area contributed by atoms with E-state index in [-0.39, 0.29) is 16.9 Å². The Bertz CT molecular complexity index is 693. The normalized spacial score (nSPS) is 11.8. The highest BCUT2D eigenvalue weighted by atomic mass is 35.5. The lowest BCUT2D eigenvalue weighted by molar-refractivity contribution is -0.144. The molecule has 0 fully saturated rings. The van der Waals surface area contributed by atoms with Crippen molar-refractivity contribution in [1.29, 1.82) is 0 Å². The maximum absolute atomic E-state index is 13.9. The van der Waals surface area contributed by atoms with E-state index in [1.807, 2.05) is 20.8 Å². The molecule has 0 saturated heterocycles. The zero-order valence-electron chi connectivity index (χ0n) is 14.2. The first-order valence-corrected chi connectivity index (χ1v) is 8.97. The number of amides is 1. The van der Waals surface area contributed by atoms with Gasteiger partial charge in [-0.15, -0.1) is 11.8 Å². The van der Waals surface area contributed by atoms with Gasteiger partial charge in [-0.25, -0.2) is 4.39 Å². The van der Waals surface area contributed by atoms with E-state index in [0.29, 0.717) is 17.9 Å². The number of benzene rings is 1. The Labute approximate surface area is 154 Å². The van der Waals surface area contributed by atoms with Crippen LogP contribution in [0.5, 0.6) is 0 Å². The number of hydrogen-bond donors (Lipinski definition) is 0. The molecule has 9 heteroatoms. The summed E-state index contributed by atoms with van der Waals surface area (Å²) in [7, 11) is 0. The van der Waals surface area contributed by atoms with Crippen molar-refractivity contribution in [2.24, 2.45) is 11.0 Å². The average molecular weight is 388 g/mol. The predicted octanol–water partition coefficient (Wildman–Crippen LogP) is 5.39. The van der Waals surface area contributed by atoms with Gasteiger partial charge < -0.3 is 4.74 Å². The van der Waals surface area contributed by atoms with E-state index in [2.05, 4.69) is 10.0 Å². The minimum absolute atomic E-state index is 0.0674. The minimum Gasteiger partial charge on any atom is -0.465 e. The van der Waals surface area contributed by atoms with Crippen molar-refractivity contribution in [1.82, 2.24) is 0 Å². The lowest BCUT2D eigenvalue weighted by atomic mass is 10.2. The molecule has 0 radical (unpaired) electrons. The van der Waals surface area contributed by atoms with Crippen LogP contribution in [0.1, 0.15) is 44.0 Å². The molecule has 0 spiro atoms. The first kappa shape index (κ1) is 21.3. The summed E-state index contributed by atoms with van der Waals surface area (Å²) in [4.78, 5) is 26.6. The fraction of sp³-hybridized carbons (Fsp3) is 0.500. The lowest BCUT2D eigenvalue weighted by Crippen LogP contribution is -2.22. The zero-order chi connectivity index (χ0) is 19.0. The molecule has 0 saturated carbocycles. The summed E-state index contributed by atoms with van der Waals surface area (Å²) >= 11 is 7.13. The van der Waals surface area contributed by atoms with E-state index in [9.17, 15) is 14.0 Å². The summed E-state index contributed by atoms with van der Waals surface area (Å²) in [6, 6.07) is 2.16. The molecule has 1 atom stereocenters. The fourth-order valence-corrected chi connectivity index (χ4v) is 3.33. The van der Waals surface area contributed by atoms with Crippen LogP contribution < -0.4 is 0 Å². The Morgan fingerprint density at radius 1 is 1.44 bits per heavy atom. The van der Waals surface area contributed by atoms with Gasteiger partial charge >= 0.3 is 5.97 Å². The maximum Gasteiger partial charge on any atom is 0.319 e. The SMILES string of the molecule is CCCC(Sc1cc(C(=O)N=[N+]=[N-])c(F)cc1Cl)C(=O)OCC(C)C. The molecule has 1 amide bonds. The Morgan fingerprint density at radius 3 is 2.68 bits per heavy atom. The Hall–Kier alpha value is -1.76. The van der Waals surface area contributed by atoms with Crippen LogP contribution in [0.3, 0.4) is 0 Å². The number of thioether (sulfide) groups is 1. The molecule has 0 aliphatic carbocycles. The van der Waals surface area contributed by atoms with Crippen molar-refractivity contribution in [2.45, 2.75) is 43.8 Å². The number of rotatable bonds is 8. The van der Waals surface area contributed by atoms with Crippen molar-refractivity contribution in [3.63, 3.8) is 0 Å². The van der Waals surface area contributed by atoms with Gasteiger partial charge in [-0.05, 0) is 35.1 Å². The van der Waals surface area contributed by atoms with Gasteiger partial charge in [-0.3, -0.25) is 9.59 Å². The van der Waals surface area contributed by atoms with Gasteiger partial charge in [0.15, 0.2) is 0 Å². The summed E-state index contributed by atoms with van der Waals surface area (Å²) in [6.45, 7) is 6.09. The maximum atomic E-state index is 13.9. The van der Waals surface area contributed by atoms with Gasteiger partial charge in [-0.2, -0.15) is 0 Å². The lowest BCUT2D eigenvalue weighted by Gasteiger charge is -2.17. The fourth-order valence-electron chi connectivity index (χ4n) is 1.86. The number of halogens is 2. The molecule has 0 aliphatic rings. The van der Waals surface area contributed by atoms with Gasteiger partial charge in [0.25, 0.3) is 5.91 Å². The highest BCUT2D eigenvalue weighted by Gasteiger charge is 2.24. The molecule has 1 unspecified atom stereocenters. The van der Waals surface area contributed by atoms with Gasteiger partial charge in [0.05, 0.1) is 17.2 Å². The molecule has 136 valence electrons. The van der Waals surface area contributed by atoms with Crippen molar-refractivity contribution < 1.29 is 18.7 Å². The highest BCUT2D eigenvalue weighted by Crippen LogP contribution is 2.35. The summed E-state index contributed by atoms with van der Waals surface area (Å²) in [5.41, 5.74) is 7.93. The average Bonchev–Trinajstić information content (AvgIpc) is 2.54. The van der Waals surface area contributed by atoms with Gasteiger partial charge in [0.2, 0.25) is 0 Å². The summed E-state index contributed by atoms with van der Waals surface area (Å²) < 4.78 is 19.1. The van der Waals surface area contributed by atoms with E-state index < -0.39 is 22.5 Å². The Morgan fingerprint density at radius 2 is 2.12 bits per heavy atom. The van der Waals surface area contributed by atoms with E-state index in [0.717, 1.165) is 24.2 Å². The van der Waals surface area contributed by atoms with Crippen LogP contribution >= 0.6 is 23.4 Å². The Balaban J connectivity index is 3.07. The van der Waals surface area contributed by atoms with Crippen LogP contribution in [-0.4, -0.2) is 23.7 Å². The first-order chi connectivity index (χ1) is 11.8. The quantitative estimate of drug-likeness (QED) is 0.196. The number of hydrogen-bond acceptors (Lipinski definition) is 4. The van der Waals surface area contributed by atoms with Crippen LogP contribution in [0.4, 0.5) is 4.39 Å². The molecular weight excluding hydrogens is 369 g/mol. The van der Waals surface area contributed by atoms with E-state index in [1.165, 1.54) is 6.07 Å². The van der Waals surface area contributed by atoms with E-state index >= 15 is 0 Å². The summed E-state index contributed by atoms with van der Waals surface area (Å²) in [5, 5.41) is 2.42. The molecule has 25 heavy (non-hydrogen) atoms. The second-order valence-electron chi connectivity index (χ2n) is 5.68. The van der Waals surface area contributed by atoms with Crippen molar-refractivity contribution in [3.8, 4) is 0 Å². The van der Waals surface area contributed by atoms with Gasteiger partial charge in [0.1, 0.15) is 11.1 Å². The number of nitrogens with zero attached hydrogens (tertiary/aromatic N) is 3. The molecule has 0 aliphatic heterocycles. The number of carbonyl (C=O) groups excluding carboxylic acids is 2. The topological polar surface area (TPSA) is 92.1 Å². The number of carbonyl (C=O) groups is 2. The number of ether oxygens (including phenoxy) is 1. The molecule has 1 aromatic carbocycles. The third-order valence-corrected chi connectivity index (χ3v) is 4.76. The standard InChI is InChI=1S/C16H19ClFN3O3S/c1-4-5-13(16(23)24-8-9(2)3)25-14-6-10(15(22)20-21-19)12(18)7-11(14)17/h6-7,9,13H,4-5,8H2,1-3H3. The molecule has 6 nitrogen and oxygen atoms in total. The number of azide groups is 1.